The molecule has 5 nitrogen and oxygen atoms in total. The Morgan fingerprint density at radius 2 is 2.05 bits per heavy atom. The lowest BCUT2D eigenvalue weighted by atomic mass is 9.82. The molecule has 0 saturated heterocycles. The van der Waals surface area contributed by atoms with Crippen LogP contribution in [0.15, 0.2) is 42.6 Å². The van der Waals surface area contributed by atoms with Gasteiger partial charge in [0.15, 0.2) is 12.5 Å². The molecule has 1 aliphatic heterocycles. The Labute approximate surface area is 115 Å². The van der Waals surface area contributed by atoms with E-state index in [1.807, 2.05) is 6.07 Å². The van der Waals surface area contributed by atoms with Gasteiger partial charge in [-0.2, -0.15) is 0 Å². The van der Waals surface area contributed by atoms with Crippen molar-refractivity contribution in [3.63, 3.8) is 0 Å². The van der Waals surface area contributed by atoms with Crippen LogP contribution in [0.2, 0.25) is 0 Å². The average Bonchev–Trinajstić information content (AvgIpc) is 2.49. The highest BCUT2D eigenvalue weighted by atomic mass is 16.4. The molecule has 3 N–H and O–H groups in total. The third-order valence-corrected chi connectivity index (χ3v) is 3.67. The lowest BCUT2D eigenvalue weighted by Gasteiger charge is -2.39. The first-order chi connectivity index (χ1) is 9.65. The molecule has 0 aliphatic carbocycles. The smallest absolute Gasteiger partial charge is 0.168 e. The minimum atomic E-state index is -1.49. The second kappa shape index (κ2) is 4.70. The maximum Gasteiger partial charge on any atom is 0.168 e. The number of aliphatic hydroxyl groups is 2. The Morgan fingerprint density at radius 1 is 1.30 bits per heavy atom. The summed E-state index contributed by atoms with van der Waals surface area (Å²) in [6, 6.07) is 10.6. The van der Waals surface area contributed by atoms with E-state index < -0.39 is 11.8 Å². The van der Waals surface area contributed by atoms with Crippen LogP contribution >= 0.6 is 0 Å². The standard InChI is InChI=1S/C15H14N2O3/c18-9-13-11-8-15(20,10-4-2-1-3-5-10)14(19)17-12(11)6-7-16-13/h1-7,9,14,17,19-20H,8H2. The summed E-state index contributed by atoms with van der Waals surface area (Å²) in [5.74, 6) is 0. The molecule has 102 valence electrons. The highest BCUT2D eigenvalue weighted by molar-refractivity contribution is 5.78. The fourth-order valence-electron chi connectivity index (χ4n) is 2.55. The summed E-state index contributed by atoms with van der Waals surface area (Å²) in [5.41, 5.74) is 0.603. The van der Waals surface area contributed by atoms with E-state index in [-0.39, 0.29) is 12.1 Å². The summed E-state index contributed by atoms with van der Waals surface area (Å²) >= 11 is 0. The van der Waals surface area contributed by atoms with Gasteiger partial charge >= 0.3 is 0 Å². The molecule has 1 aromatic carbocycles. The first-order valence-electron chi connectivity index (χ1n) is 6.31. The van der Waals surface area contributed by atoms with Gasteiger partial charge in [-0.25, -0.2) is 0 Å². The van der Waals surface area contributed by atoms with Crippen molar-refractivity contribution in [2.24, 2.45) is 0 Å². The second-order valence-electron chi connectivity index (χ2n) is 4.85. The highest BCUT2D eigenvalue weighted by Gasteiger charge is 2.42. The number of pyridine rings is 1. The minimum absolute atomic E-state index is 0.127. The third kappa shape index (κ3) is 1.88. The predicted molar refractivity (Wildman–Crippen MR) is 73.3 cm³/mol. The quantitative estimate of drug-likeness (QED) is 0.711. The molecule has 0 fully saturated rings. The number of nitrogens with zero attached hydrogens (tertiary/aromatic N) is 1. The number of aromatic nitrogens is 1. The Kier molecular flexibility index (Phi) is 3.00. The fraction of sp³-hybridized carbons (Fsp3) is 0.200. The van der Waals surface area contributed by atoms with Crippen LogP contribution in [0.25, 0.3) is 0 Å². The van der Waals surface area contributed by atoms with E-state index in [2.05, 4.69) is 10.3 Å². The average molecular weight is 270 g/mol. The zero-order valence-corrected chi connectivity index (χ0v) is 10.7. The maximum atomic E-state index is 11.1. The van der Waals surface area contributed by atoms with Gasteiger partial charge in [0.25, 0.3) is 0 Å². The number of aldehydes is 1. The van der Waals surface area contributed by atoms with Crippen molar-refractivity contribution in [2.75, 3.05) is 5.32 Å². The molecule has 0 spiro atoms. The summed E-state index contributed by atoms with van der Waals surface area (Å²) < 4.78 is 0. The van der Waals surface area contributed by atoms with Gasteiger partial charge in [-0.3, -0.25) is 9.78 Å². The Balaban J connectivity index is 2.10. The van der Waals surface area contributed by atoms with Crippen molar-refractivity contribution in [3.8, 4) is 0 Å². The number of benzene rings is 1. The van der Waals surface area contributed by atoms with Crippen LogP contribution in [0.4, 0.5) is 5.69 Å². The van der Waals surface area contributed by atoms with Gasteiger partial charge in [0.05, 0.1) is 0 Å². The lowest BCUT2D eigenvalue weighted by molar-refractivity contribution is -0.0705. The number of hydrogen-bond acceptors (Lipinski definition) is 5. The molecule has 20 heavy (non-hydrogen) atoms. The number of aliphatic hydroxyl groups excluding tert-OH is 1. The summed E-state index contributed by atoms with van der Waals surface area (Å²) in [5, 5.41) is 23.9. The van der Waals surface area contributed by atoms with E-state index in [0.717, 1.165) is 0 Å². The molecule has 0 bridgehead atoms. The summed E-state index contributed by atoms with van der Waals surface area (Å²) in [6.45, 7) is 0. The van der Waals surface area contributed by atoms with Crippen molar-refractivity contribution >= 4 is 12.0 Å². The van der Waals surface area contributed by atoms with Crippen LogP contribution < -0.4 is 5.32 Å². The first kappa shape index (κ1) is 12.8. The van der Waals surface area contributed by atoms with E-state index in [0.29, 0.717) is 23.1 Å². The van der Waals surface area contributed by atoms with Crippen molar-refractivity contribution in [1.29, 1.82) is 0 Å². The molecule has 2 heterocycles. The monoisotopic (exact) mass is 270 g/mol. The lowest BCUT2D eigenvalue weighted by Crippen LogP contribution is -2.49. The normalized spacial score (nSPS) is 24.6. The number of hydrogen-bond donors (Lipinski definition) is 3. The van der Waals surface area contributed by atoms with Crippen molar-refractivity contribution in [2.45, 2.75) is 18.2 Å². The Bertz CT molecular complexity index is 645. The summed E-state index contributed by atoms with van der Waals surface area (Å²) in [4.78, 5) is 15.1. The SMILES string of the molecule is O=Cc1nccc2c1CC(O)(c1ccccc1)C(O)N2. The number of carbonyl (C=O) groups is 1. The molecular weight excluding hydrogens is 256 g/mol. The molecule has 1 aromatic heterocycles. The topological polar surface area (TPSA) is 82.5 Å². The molecule has 0 saturated carbocycles. The van der Waals surface area contributed by atoms with Crippen LogP contribution in [0.5, 0.6) is 0 Å². The summed E-state index contributed by atoms with van der Waals surface area (Å²) in [6.07, 6.45) is 1.13. The van der Waals surface area contributed by atoms with Crippen molar-refractivity contribution in [3.05, 3.63) is 59.4 Å². The number of rotatable bonds is 2. The van der Waals surface area contributed by atoms with Crippen LogP contribution in [-0.2, 0) is 12.0 Å². The number of carbonyl (C=O) groups excluding carboxylic acids is 1. The van der Waals surface area contributed by atoms with E-state index in [4.69, 9.17) is 0 Å². The zero-order valence-electron chi connectivity index (χ0n) is 10.7. The van der Waals surface area contributed by atoms with E-state index in [9.17, 15) is 15.0 Å². The number of anilines is 1. The first-order valence-corrected chi connectivity index (χ1v) is 6.31. The zero-order chi connectivity index (χ0) is 14.2. The van der Waals surface area contributed by atoms with Gasteiger partial charge < -0.3 is 15.5 Å². The molecule has 2 atom stereocenters. The molecule has 0 amide bonds. The fourth-order valence-corrected chi connectivity index (χ4v) is 2.55. The molecule has 3 rings (SSSR count). The van der Waals surface area contributed by atoms with Gasteiger partial charge in [0.1, 0.15) is 11.3 Å². The van der Waals surface area contributed by atoms with Gasteiger partial charge in [-0.05, 0) is 11.6 Å². The Morgan fingerprint density at radius 3 is 2.75 bits per heavy atom. The largest absolute Gasteiger partial charge is 0.380 e. The molecule has 0 radical (unpaired) electrons. The van der Waals surface area contributed by atoms with Crippen LogP contribution in [0.1, 0.15) is 21.6 Å². The number of nitrogens with one attached hydrogen (secondary N) is 1. The maximum absolute atomic E-state index is 11.1. The van der Waals surface area contributed by atoms with Gasteiger partial charge in [0, 0.05) is 23.9 Å². The molecular formula is C15H14N2O3. The van der Waals surface area contributed by atoms with Crippen LogP contribution in [0, 0.1) is 0 Å². The van der Waals surface area contributed by atoms with E-state index in [1.54, 1.807) is 30.3 Å². The van der Waals surface area contributed by atoms with Gasteiger partial charge in [0.2, 0.25) is 0 Å². The molecule has 1 aliphatic rings. The van der Waals surface area contributed by atoms with Crippen molar-refractivity contribution < 1.29 is 15.0 Å². The highest BCUT2D eigenvalue weighted by Crippen LogP contribution is 2.37. The van der Waals surface area contributed by atoms with Crippen LogP contribution in [0.3, 0.4) is 0 Å². The van der Waals surface area contributed by atoms with Crippen LogP contribution in [-0.4, -0.2) is 27.7 Å². The minimum Gasteiger partial charge on any atom is -0.380 e. The second-order valence-corrected chi connectivity index (χ2v) is 4.85. The summed E-state index contributed by atoms with van der Waals surface area (Å²) in [7, 11) is 0. The van der Waals surface area contributed by atoms with Crippen molar-refractivity contribution in [1.82, 2.24) is 4.98 Å². The molecule has 2 unspecified atom stereocenters. The molecule has 2 aromatic rings. The van der Waals surface area contributed by atoms with E-state index >= 15 is 0 Å². The van der Waals surface area contributed by atoms with Gasteiger partial charge in [-0.1, -0.05) is 30.3 Å². The van der Waals surface area contributed by atoms with Gasteiger partial charge in [-0.15, -0.1) is 0 Å². The third-order valence-electron chi connectivity index (χ3n) is 3.67. The molecule has 5 heteroatoms. The number of fused-ring (bicyclic) bond motifs is 1. The Hall–Kier alpha value is -2.24. The predicted octanol–water partition coefficient (Wildman–Crippen LogP) is 1.07. The van der Waals surface area contributed by atoms with E-state index in [1.165, 1.54) is 6.20 Å².